The van der Waals surface area contributed by atoms with E-state index in [-0.39, 0.29) is 1.43 Å². The van der Waals surface area contributed by atoms with Crippen molar-refractivity contribution in [3.8, 4) is 0 Å². The zero-order valence-electron chi connectivity index (χ0n) is 7.22. The fourth-order valence-corrected chi connectivity index (χ4v) is 1.88. The molecule has 2 aliphatic rings. The third-order valence-corrected chi connectivity index (χ3v) is 2.46. The highest BCUT2D eigenvalue weighted by atomic mass is 15.0. The molecule has 62 valence electrons. The normalized spacial score (nSPS) is 35.5. The molecule has 0 amide bonds. The van der Waals surface area contributed by atoms with Gasteiger partial charge in [-0.25, -0.2) is 0 Å². The van der Waals surface area contributed by atoms with E-state index in [0.717, 1.165) is 5.92 Å². The van der Waals surface area contributed by atoms with Gasteiger partial charge in [-0.2, -0.15) is 0 Å². The summed E-state index contributed by atoms with van der Waals surface area (Å²) >= 11 is 0. The van der Waals surface area contributed by atoms with Crippen molar-refractivity contribution in [3.05, 3.63) is 23.4 Å². The maximum Gasteiger partial charge on any atom is 0.0334 e. The summed E-state index contributed by atoms with van der Waals surface area (Å²) in [5.74, 6) is 0.728. The number of fused-ring (bicyclic) bond motifs is 1. The van der Waals surface area contributed by atoms with Gasteiger partial charge in [-0.3, -0.25) is 0 Å². The second kappa shape index (κ2) is 2.40. The van der Waals surface area contributed by atoms with Crippen molar-refractivity contribution in [2.24, 2.45) is 5.92 Å². The summed E-state index contributed by atoms with van der Waals surface area (Å²) in [7, 11) is 0. The fourth-order valence-electron chi connectivity index (χ4n) is 1.88. The lowest BCUT2D eigenvalue weighted by Gasteiger charge is -2.12. The maximum atomic E-state index is 3.48. The Balaban J connectivity index is 0.000000720. The lowest BCUT2D eigenvalue weighted by molar-refractivity contribution is 0.683. The summed E-state index contributed by atoms with van der Waals surface area (Å²) in [5.41, 5.74) is 2.94. The Bertz CT molecular complexity index is 230. The highest BCUT2D eigenvalue weighted by Gasteiger charge is 2.21. The highest BCUT2D eigenvalue weighted by Crippen LogP contribution is 2.29. The van der Waals surface area contributed by atoms with Gasteiger partial charge in [0.2, 0.25) is 0 Å². The van der Waals surface area contributed by atoms with Crippen LogP contribution in [0.15, 0.2) is 23.4 Å². The summed E-state index contributed by atoms with van der Waals surface area (Å²) in [4.78, 5) is 0. The summed E-state index contributed by atoms with van der Waals surface area (Å²) in [6.45, 7) is 4.51. The van der Waals surface area contributed by atoms with E-state index < -0.39 is 0 Å². The molecule has 2 unspecified atom stereocenters. The predicted octanol–water partition coefficient (Wildman–Crippen LogP) is 2.46. The van der Waals surface area contributed by atoms with Crippen LogP contribution in [0.25, 0.3) is 0 Å². The van der Waals surface area contributed by atoms with Gasteiger partial charge in [-0.1, -0.05) is 19.1 Å². The van der Waals surface area contributed by atoms with E-state index in [4.69, 9.17) is 0 Å². The zero-order chi connectivity index (χ0) is 7.84. The second-order valence-corrected chi connectivity index (χ2v) is 3.77. The molecule has 0 radical (unpaired) electrons. The first-order valence-electron chi connectivity index (χ1n) is 4.43. The molecule has 1 saturated heterocycles. The van der Waals surface area contributed by atoms with Crippen LogP contribution < -0.4 is 5.32 Å². The standard InChI is InChI=1S/C10H15N.H2/c1-7-3-4-9-6-8(2)11-10(9)5-7;/h4-5,7-8,11H,3,6H2,1-2H3;1H. The van der Waals surface area contributed by atoms with Gasteiger partial charge in [0.1, 0.15) is 0 Å². The third kappa shape index (κ3) is 1.20. The van der Waals surface area contributed by atoms with Crippen LogP contribution in [0, 0.1) is 5.92 Å². The van der Waals surface area contributed by atoms with Gasteiger partial charge in [0.25, 0.3) is 0 Å². The molecular formula is C10H17N. The monoisotopic (exact) mass is 151 g/mol. The average Bonchev–Trinajstić information content (AvgIpc) is 2.27. The molecule has 1 heteroatoms. The van der Waals surface area contributed by atoms with Crippen LogP contribution in [0.5, 0.6) is 0 Å². The van der Waals surface area contributed by atoms with Crippen molar-refractivity contribution in [1.29, 1.82) is 0 Å². The number of nitrogens with one attached hydrogen (secondary N) is 1. The molecule has 1 N–H and O–H groups in total. The van der Waals surface area contributed by atoms with Crippen LogP contribution in [0.3, 0.4) is 0 Å². The Kier molecular flexibility index (Phi) is 1.52. The number of rotatable bonds is 0. The smallest absolute Gasteiger partial charge is 0.0334 e. The first kappa shape index (κ1) is 6.96. The number of hydrogen-bond acceptors (Lipinski definition) is 1. The van der Waals surface area contributed by atoms with Crippen LogP contribution in [-0.4, -0.2) is 6.04 Å². The molecule has 0 aromatic heterocycles. The van der Waals surface area contributed by atoms with E-state index in [1.54, 1.807) is 0 Å². The Morgan fingerprint density at radius 3 is 3.18 bits per heavy atom. The topological polar surface area (TPSA) is 12.0 Å². The Morgan fingerprint density at radius 1 is 1.55 bits per heavy atom. The van der Waals surface area contributed by atoms with Crippen LogP contribution in [0.4, 0.5) is 0 Å². The largest absolute Gasteiger partial charge is 0.382 e. The SMILES string of the molecule is CC1C=C2NC(C)CC2=CC1.[HH]. The van der Waals surface area contributed by atoms with Gasteiger partial charge in [-0.15, -0.1) is 0 Å². The van der Waals surface area contributed by atoms with Crippen molar-refractivity contribution in [1.82, 2.24) is 5.32 Å². The molecule has 1 aliphatic carbocycles. The maximum absolute atomic E-state index is 3.48. The lowest BCUT2D eigenvalue weighted by atomic mass is 9.96. The quantitative estimate of drug-likeness (QED) is 0.561. The lowest BCUT2D eigenvalue weighted by Crippen LogP contribution is -2.16. The molecule has 1 nitrogen and oxygen atoms in total. The molecule has 1 aliphatic heterocycles. The van der Waals surface area contributed by atoms with Gasteiger partial charge in [0, 0.05) is 13.2 Å². The van der Waals surface area contributed by atoms with Crippen LogP contribution >= 0.6 is 0 Å². The van der Waals surface area contributed by atoms with E-state index in [9.17, 15) is 0 Å². The Morgan fingerprint density at radius 2 is 2.36 bits per heavy atom. The average molecular weight is 151 g/mol. The van der Waals surface area contributed by atoms with Gasteiger partial charge < -0.3 is 5.32 Å². The van der Waals surface area contributed by atoms with E-state index >= 15 is 0 Å². The molecule has 1 fully saturated rings. The summed E-state index contributed by atoms with van der Waals surface area (Å²) in [6.07, 6.45) is 7.20. The second-order valence-electron chi connectivity index (χ2n) is 3.77. The summed E-state index contributed by atoms with van der Waals surface area (Å²) < 4.78 is 0. The van der Waals surface area contributed by atoms with Crippen molar-refractivity contribution < 1.29 is 1.43 Å². The van der Waals surface area contributed by atoms with Crippen LogP contribution in [0.2, 0.25) is 0 Å². The third-order valence-electron chi connectivity index (χ3n) is 2.46. The first-order chi connectivity index (χ1) is 5.25. The minimum absolute atomic E-state index is 0. The zero-order valence-corrected chi connectivity index (χ0v) is 7.22. The van der Waals surface area contributed by atoms with E-state index in [1.807, 2.05) is 0 Å². The molecule has 0 spiro atoms. The molecule has 2 atom stereocenters. The summed E-state index contributed by atoms with van der Waals surface area (Å²) in [6, 6.07) is 0.651. The van der Waals surface area contributed by atoms with Crippen molar-refractivity contribution in [2.75, 3.05) is 0 Å². The molecule has 1 heterocycles. The predicted molar refractivity (Wildman–Crippen MR) is 49.3 cm³/mol. The van der Waals surface area contributed by atoms with E-state index in [0.29, 0.717) is 6.04 Å². The van der Waals surface area contributed by atoms with Gasteiger partial charge in [0.15, 0.2) is 0 Å². The van der Waals surface area contributed by atoms with Crippen molar-refractivity contribution >= 4 is 0 Å². The minimum atomic E-state index is 0. The molecule has 0 bridgehead atoms. The van der Waals surface area contributed by atoms with E-state index in [1.165, 1.54) is 24.1 Å². The van der Waals surface area contributed by atoms with Crippen LogP contribution in [0.1, 0.15) is 28.1 Å². The summed E-state index contributed by atoms with van der Waals surface area (Å²) in [5, 5.41) is 3.48. The minimum Gasteiger partial charge on any atom is -0.382 e. The fraction of sp³-hybridized carbons (Fsp3) is 0.600. The van der Waals surface area contributed by atoms with Crippen LogP contribution in [-0.2, 0) is 0 Å². The van der Waals surface area contributed by atoms with Gasteiger partial charge >= 0.3 is 0 Å². The van der Waals surface area contributed by atoms with E-state index in [2.05, 4.69) is 31.3 Å². The van der Waals surface area contributed by atoms with Crippen molar-refractivity contribution in [2.45, 2.75) is 32.7 Å². The highest BCUT2D eigenvalue weighted by molar-refractivity contribution is 5.38. The Hall–Kier alpha value is -0.720. The molecule has 0 aromatic rings. The molecule has 11 heavy (non-hydrogen) atoms. The Labute approximate surface area is 69.7 Å². The molecule has 0 aromatic carbocycles. The number of allylic oxidation sites excluding steroid dienone is 3. The molecule has 0 saturated carbocycles. The first-order valence-corrected chi connectivity index (χ1v) is 4.43. The molecular weight excluding hydrogens is 134 g/mol. The molecule has 2 rings (SSSR count). The van der Waals surface area contributed by atoms with Gasteiger partial charge in [0.05, 0.1) is 0 Å². The number of hydrogen-bond donors (Lipinski definition) is 1. The van der Waals surface area contributed by atoms with Gasteiger partial charge in [-0.05, 0) is 31.3 Å². The van der Waals surface area contributed by atoms with Crippen molar-refractivity contribution in [3.63, 3.8) is 0 Å².